The van der Waals surface area contributed by atoms with E-state index >= 15 is 0 Å². The second-order valence-corrected chi connectivity index (χ2v) is 5.04. The van der Waals surface area contributed by atoms with Crippen LogP contribution in [0.5, 0.6) is 0 Å². The van der Waals surface area contributed by atoms with Gasteiger partial charge >= 0.3 is 5.69 Å². The Morgan fingerprint density at radius 3 is 3.07 bits per heavy atom. The molecule has 1 aromatic heterocycles. The third-order valence-corrected chi connectivity index (χ3v) is 3.84. The number of nitrogens with two attached hydrogens (primary N) is 1. The number of aromatic nitrogens is 2. The van der Waals surface area contributed by atoms with E-state index in [2.05, 4.69) is 4.98 Å². The molecule has 1 fully saturated rings. The van der Waals surface area contributed by atoms with Gasteiger partial charge in [0.15, 0.2) is 0 Å². The van der Waals surface area contributed by atoms with Crippen LogP contribution in [0.2, 0.25) is 0 Å². The highest BCUT2D eigenvalue weighted by molar-refractivity contribution is 8.00. The molecule has 1 aliphatic rings. The van der Waals surface area contributed by atoms with Crippen molar-refractivity contribution >= 4 is 17.4 Å². The minimum Gasteiger partial charge on any atom is -0.393 e. The van der Waals surface area contributed by atoms with Gasteiger partial charge in [0.1, 0.15) is 5.69 Å². The van der Waals surface area contributed by atoms with E-state index in [-0.39, 0.29) is 11.4 Å². The Morgan fingerprint density at radius 2 is 2.40 bits per heavy atom. The molecule has 2 heterocycles. The Bertz CT molecular complexity index is 459. The summed E-state index contributed by atoms with van der Waals surface area (Å²) in [6, 6.07) is 0. The molecule has 0 radical (unpaired) electrons. The van der Waals surface area contributed by atoms with Gasteiger partial charge in [-0.2, -0.15) is 11.8 Å². The molecule has 1 aliphatic heterocycles. The Hall–Kier alpha value is -1.17. The molecule has 0 aliphatic carbocycles. The van der Waals surface area contributed by atoms with Gasteiger partial charge in [-0.05, 0) is 18.6 Å². The Balaban J connectivity index is 2.24. The first-order valence-electron chi connectivity index (χ1n) is 4.87. The van der Waals surface area contributed by atoms with Crippen LogP contribution in [0.1, 0.15) is 12.8 Å². The fourth-order valence-corrected chi connectivity index (χ4v) is 2.94. The Kier molecular flexibility index (Phi) is 2.86. The van der Waals surface area contributed by atoms with Crippen molar-refractivity contribution in [1.29, 1.82) is 0 Å². The minimum atomic E-state index is -0.504. The lowest BCUT2D eigenvalue weighted by Gasteiger charge is -2.10. The summed E-state index contributed by atoms with van der Waals surface area (Å²) in [5.74, 6) is 1.15. The maximum absolute atomic E-state index is 11.4. The quantitative estimate of drug-likeness (QED) is 0.746. The Morgan fingerprint density at radius 1 is 1.60 bits per heavy atom. The van der Waals surface area contributed by atoms with Crippen LogP contribution in [0.25, 0.3) is 0 Å². The van der Waals surface area contributed by atoms with Gasteiger partial charge in [0.05, 0.1) is 0 Å². The highest BCUT2D eigenvalue weighted by atomic mass is 32.2. The zero-order valence-corrected chi connectivity index (χ0v) is 9.05. The van der Waals surface area contributed by atoms with Crippen LogP contribution in [-0.2, 0) is 6.54 Å². The van der Waals surface area contributed by atoms with E-state index in [1.54, 1.807) is 0 Å². The minimum absolute atomic E-state index is 0.0950. The largest absolute Gasteiger partial charge is 0.393 e. The zero-order valence-electron chi connectivity index (χ0n) is 8.23. The molecule has 15 heavy (non-hydrogen) atoms. The monoisotopic (exact) mass is 227 g/mol. The van der Waals surface area contributed by atoms with Crippen molar-refractivity contribution < 1.29 is 0 Å². The van der Waals surface area contributed by atoms with Crippen molar-refractivity contribution in [2.45, 2.75) is 24.6 Å². The molecule has 82 valence electrons. The van der Waals surface area contributed by atoms with Crippen LogP contribution in [0.15, 0.2) is 15.8 Å². The van der Waals surface area contributed by atoms with Gasteiger partial charge < -0.3 is 5.73 Å². The topological polar surface area (TPSA) is 80.9 Å². The van der Waals surface area contributed by atoms with Gasteiger partial charge in [-0.3, -0.25) is 14.3 Å². The summed E-state index contributed by atoms with van der Waals surface area (Å²) in [6.07, 6.45) is 3.75. The number of thioether (sulfide) groups is 1. The number of hydrogen-bond acceptors (Lipinski definition) is 4. The molecule has 3 N–H and O–H groups in total. The summed E-state index contributed by atoms with van der Waals surface area (Å²) >= 11 is 1.86. The standard InChI is InChI=1S/C9H13N3O2S/c10-7-5-12(9(14)11-8(7)13)4-6-2-1-3-15-6/h5-6H,1-4,10H2,(H,11,13,14). The van der Waals surface area contributed by atoms with Gasteiger partial charge in [-0.1, -0.05) is 0 Å². The van der Waals surface area contributed by atoms with E-state index in [1.165, 1.54) is 17.2 Å². The Labute approximate surface area is 90.7 Å². The number of nitrogen functional groups attached to an aromatic ring is 1. The molecular formula is C9H13N3O2S. The lowest BCUT2D eigenvalue weighted by Crippen LogP contribution is -2.32. The molecule has 2 rings (SSSR count). The van der Waals surface area contributed by atoms with Crippen LogP contribution in [0, 0.1) is 0 Å². The fraction of sp³-hybridized carbons (Fsp3) is 0.556. The van der Waals surface area contributed by atoms with Crippen molar-refractivity contribution in [2.75, 3.05) is 11.5 Å². The van der Waals surface area contributed by atoms with Gasteiger partial charge in [-0.15, -0.1) is 0 Å². The predicted molar refractivity (Wildman–Crippen MR) is 61.2 cm³/mol. The molecule has 0 aromatic carbocycles. The summed E-state index contributed by atoms with van der Waals surface area (Å²) in [4.78, 5) is 24.7. The van der Waals surface area contributed by atoms with Crippen LogP contribution >= 0.6 is 11.8 Å². The van der Waals surface area contributed by atoms with E-state index in [1.807, 2.05) is 11.8 Å². The summed E-state index contributed by atoms with van der Waals surface area (Å²) in [6.45, 7) is 0.629. The van der Waals surface area contributed by atoms with E-state index in [0.717, 1.165) is 12.2 Å². The maximum atomic E-state index is 11.4. The second kappa shape index (κ2) is 4.14. The second-order valence-electron chi connectivity index (χ2n) is 3.63. The smallest absolute Gasteiger partial charge is 0.328 e. The van der Waals surface area contributed by atoms with E-state index in [0.29, 0.717) is 11.8 Å². The van der Waals surface area contributed by atoms with Crippen LogP contribution in [0.4, 0.5) is 5.69 Å². The SMILES string of the molecule is Nc1cn(CC2CCCS2)c(=O)[nH]c1=O. The summed E-state index contributed by atoms with van der Waals surface area (Å²) in [5.41, 5.74) is 4.67. The summed E-state index contributed by atoms with van der Waals surface area (Å²) in [5, 5.41) is 0.466. The van der Waals surface area contributed by atoms with Gasteiger partial charge in [-0.25, -0.2) is 4.79 Å². The third-order valence-electron chi connectivity index (χ3n) is 2.46. The first kappa shape index (κ1) is 10.4. The number of anilines is 1. The number of H-pyrrole nitrogens is 1. The van der Waals surface area contributed by atoms with Crippen LogP contribution < -0.4 is 17.0 Å². The van der Waals surface area contributed by atoms with Crippen molar-refractivity contribution in [1.82, 2.24) is 9.55 Å². The van der Waals surface area contributed by atoms with Crippen molar-refractivity contribution in [3.8, 4) is 0 Å². The number of hydrogen-bond donors (Lipinski definition) is 2. The molecule has 1 saturated heterocycles. The molecule has 1 aromatic rings. The van der Waals surface area contributed by atoms with Crippen LogP contribution in [-0.4, -0.2) is 20.6 Å². The van der Waals surface area contributed by atoms with Gasteiger partial charge in [0.25, 0.3) is 5.56 Å². The zero-order chi connectivity index (χ0) is 10.8. The van der Waals surface area contributed by atoms with E-state index < -0.39 is 5.56 Å². The number of nitrogens with zero attached hydrogens (tertiary/aromatic N) is 1. The van der Waals surface area contributed by atoms with Crippen molar-refractivity contribution in [3.05, 3.63) is 27.0 Å². The molecule has 6 heteroatoms. The average Bonchev–Trinajstić information content (AvgIpc) is 2.67. The molecule has 0 saturated carbocycles. The van der Waals surface area contributed by atoms with Gasteiger partial charge in [0, 0.05) is 18.0 Å². The highest BCUT2D eigenvalue weighted by Crippen LogP contribution is 2.26. The average molecular weight is 227 g/mol. The number of nitrogens with one attached hydrogen (secondary N) is 1. The molecular weight excluding hydrogens is 214 g/mol. The highest BCUT2D eigenvalue weighted by Gasteiger charge is 2.16. The fourth-order valence-electron chi connectivity index (χ4n) is 1.67. The van der Waals surface area contributed by atoms with Crippen molar-refractivity contribution in [2.24, 2.45) is 0 Å². The first-order valence-corrected chi connectivity index (χ1v) is 5.92. The summed E-state index contributed by atoms with van der Waals surface area (Å²) < 4.78 is 1.49. The normalized spacial score (nSPS) is 20.7. The molecule has 0 amide bonds. The van der Waals surface area contributed by atoms with Crippen molar-refractivity contribution in [3.63, 3.8) is 0 Å². The van der Waals surface area contributed by atoms with E-state index in [4.69, 9.17) is 5.73 Å². The van der Waals surface area contributed by atoms with Crippen LogP contribution in [0.3, 0.4) is 0 Å². The molecule has 5 nitrogen and oxygen atoms in total. The van der Waals surface area contributed by atoms with Gasteiger partial charge in [0.2, 0.25) is 0 Å². The molecule has 1 unspecified atom stereocenters. The lowest BCUT2D eigenvalue weighted by molar-refractivity contribution is 0.605. The number of rotatable bonds is 2. The predicted octanol–water partition coefficient (Wildman–Crippen LogP) is 0.0144. The third kappa shape index (κ3) is 2.26. The lowest BCUT2D eigenvalue weighted by atomic mass is 10.2. The molecule has 1 atom stereocenters. The molecule has 0 bridgehead atoms. The first-order chi connectivity index (χ1) is 7.16. The maximum Gasteiger partial charge on any atom is 0.328 e. The molecule has 0 spiro atoms. The number of aromatic amines is 1. The van der Waals surface area contributed by atoms with E-state index in [9.17, 15) is 9.59 Å². The summed E-state index contributed by atoms with van der Waals surface area (Å²) in [7, 11) is 0.